The first-order chi connectivity index (χ1) is 6.34. The summed E-state index contributed by atoms with van der Waals surface area (Å²) in [6.07, 6.45) is -4.40. The molecule has 0 fully saturated rings. The van der Waals surface area contributed by atoms with Crippen LogP contribution in [0.5, 0.6) is 0 Å². The highest BCUT2D eigenvalue weighted by Gasteiger charge is 2.33. The molecule has 0 aliphatic heterocycles. The molecule has 2 N–H and O–H groups in total. The molecule has 1 aromatic carbocycles. The average Bonchev–Trinajstić information content (AvgIpc) is 2.07. The SMILES string of the molecule is C=C(c1cccc(N)c1C)C(F)(F)F. The molecule has 0 heterocycles. The fourth-order valence-corrected chi connectivity index (χ4v) is 1.13. The Bertz CT molecular complexity index is 366. The summed E-state index contributed by atoms with van der Waals surface area (Å²) in [5.41, 5.74) is 5.44. The van der Waals surface area contributed by atoms with Crippen LogP contribution in [-0.2, 0) is 0 Å². The van der Waals surface area contributed by atoms with Gasteiger partial charge in [-0.1, -0.05) is 18.7 Å². The highest BCUT2D eigenvalue weighted by Crippen LogP contribution is 2.34. The van der Waals surface area contributed by atoms with Gasteiger partial charge in [0.2, 0.25) is 0 Å². The molecule has 0 radical (unpaired) electrons. The molecule has 1 nitrogen and oxygen atoms in total. The molecule has 0 aromatic heterocycles. The Balaban J connectivity index is 3.21. The number of hydrogen-bond donors (Lipinski definition) is 1. The average molecular weight is 201 g/mol. The van der Waals surface area contributed by atoms with Crippen LogP contribution < -0.4 is 5.73 Å². The van der Waals surface area contributed by atoms with Gasteiger partial charge < -0.3 is 5.73 Å². The van der Waals surface area contributed by atoms with E-state index in [1.165, 1.54) is 12.1 Å². The zero-order valence-corrected chi connectivity index (χ0v) is 7.65. The maximum absolute atomic E-state index is 12.3. The Morgan fingerprint density at radius 2 is 1.93 bits per heavy atom. The van der Waals surface area contributed by atoms with Crippen LogP contribution in [0, 0.1) is 6.92 Å². The van der Waals surface area contributed by atoms with Crippen molar-refractivity contribution in [1.29, 1.82) is 0 Å². The van der Waals surface area contributed by atoms with Crippen LogP contribution in [0.2, 0.25) is 0 Å². The summed E-state index contributed by atoms with van der Waals surface area (Å²) in [6.45, 7) is 4.56. The van der Waals surface area contributed by atoms with E-state index >= 15 is 0 Å². The molecular formula is C10H10F3N. The molecule has 0 aliphatic rings. The predicted octanol–water partition coefficient (Wildman–Crippen LogP) is 3.15. The second-order valence-corrected chi connectivity index (χ2v) is 3.00. The lowest BCUT2D eigenvalue weighted by Gasteiger charge is -2.13. The van der Waals surface area contributed by atoms with Crippen molar-refractivity contribution in [3.63, 3.8) is 0 Å². The summed E-state index contributed by atoms with van der Waals surface area (Å²) < 4.78 is 36.9. The monoisotopic (exact) mass is 201 g/mol. The van der Waals surface area contributed by atoms with E-state index in [1.807, 2.05) is 0 Å². The molecule has 1 rings (SSSR count). The molecular weight excluding hydrogens is 191 g/mol. The minimum atomic E-state index is -4.40. The van der Waals surface area contributed by atoms with Crippen molar-refractivity contribution >= 4 is 11.3 Å². The van der Waals surface area contributed by atoms with Crippen molar-refractivity contribution in [1.82, 2.24) is 0 Å². The normalized spacial score (nSPS) is 11.4. The number of nitrogens with two attached hydrogens (primary N) is 1. The molecule has 14 heavy (non-hydrogen) atoms. The lowest BCUT2D eigenvalue weighted by Crippen LogP contribution is -2.11. The molecule has 0 saturated heterocycles. The molecule has 76 valence electrons. The van der Waals surface area contributed by atoms with Gasteiger partial charge in [-0.25, -0.2) is 0 Å². The van der Waals surface area contributed by atoms with Crippen LogP contribution in [0.15, 0.2) is 24.8 Å². The second kappa shape index (κ2) is 3.36. The van der Waals surface area contributed by atoms with E-state index in [0.29, 0.717) is 11.3 Å². The first-order valence-electron chi connectivity index (χ1n) is 3.95. The molecule has 0 unspecified atom stereocenters. The molecule has 0 amide bonds. The summed E-state index contributed by atoms with van der Waals surface area (Å²) in [5.74, 6) is 0. The highest BCUT2D eigenvalue weighted by molar-refractivity contribution is 5.73. The van der Waals surface area contributed by atoms with E-state index < -0.39 is 11.7 Å². The van der Waals surface area contributed by atoms with E-state index in [1.54, 1.807) is 13.0 Å². The van der Waals surface area contributed by atoms with Crippen molar-refractivity contribution in [3.8, 4) is 0 Å². The maximum atomic E-state index is 12.3. The first-order valence-corrected chi connectivity index (χ1v) is 3.95. The number of hydrogen-bond acceptors (Lipinski definition) is 1. The molecule has 0 spiro atoms. The molecule has 0 aliphatic carbocycles. The minimum absolute atomic E-state index is 0.0532. The van der Waals surface area contributed by atoms with Gasteiger partial charge in [0, 0.05) is 5.69 Å². The molecule has 0 atom stereocenters. The zero-order chi connectivity index (χ0) is 10.9. The largest absolute Gasteiger partial charge is 0.416 e. The van der Waals surface area contributed by atoms with Gasteiger partial charge >= 0.3 is 6.18 Å². The number of halogens is 3. The number of allylic oxidation sites excluding steroid dienone is 1. The van der Waals surface area contributed by atoms with E-state index in [0.717, 1.165) is 0 Å². The fourth-order valence-electron chi connectivity index (χ4n) is 1.13. The van der Waals surface area contributed by atoms with E-state index in [4.69, 9.17) is 5.73 Å². The van der Waals surface area contributed by atoms with Crippen LogP contribution in [-0.4, -0.2) is 6.18 Å². The standard InChI is InChI=1S/C10H10F3N/c1-6-8(4-3-5-9(6)14)7(2)10(11,12)13/h3-5H,2,14H2,1H3. The topological polar surface area (TPSA) is 26.0 Å². The zero-order valence-electron chi connectivity index (χ0n) is 7.65. The van der Waals surface area contributed by atoms with Crippen molar-refractivity contribution in [2.75, 3.05) is 5.73 Å². The predicted molar refractivity (Wildman–Crippen MR) is 50.7 cm³/mol. The Hall–Kier alpha value is -1.45. The summed E-state index contributed by atoms with van der Waals surface area (Å²) in [6, 6.07) is 4.40. The van der Waals surface area contributed by atoms with Crippen molar-refractivity contribution in [2.24, 2.45) is 0 Å². The Morgan fingerprint density at radius 3 is 2.43 bits per heavy atom. The number of anilines is 1. The summed E-state index contributed by atoms with van der Waals surface area (Å²) in [4.78, 5) is 0. The third-order valence-corrected chi connectivity index (χ3v) is 2.04. The van der Waals surface area contributed by atoms with Gasteiger partial charge in [-0.2, -0.15) is 13.2 Å². The van der Waals surface area contributed by atoms with E-state index in [2.05, 4.69) is 6.58 Å². The lowest BCUT2D eigenvalue weighted by molar-refractivity contribution is -0.0686. The van der Waals surface area contributed by atoms with Gasteiger partial charge in [-0.3, -0.25) is 0 Å². The Kier molecular flexibility index (Phi) is 2.55. The number of rotatable bonds is 1. The maximum Gasteiger partial charge on any atom is 0.416 e. The van der Waals surface area contributed by atoms with Gasteiger partial charge in [0.15, 0.2) is 0 Å². The quantitative estimate of drug-likeness (QED) is 0.694. The summed E-state index contributed by atoms with van der Waals surface area (Å²) in [7, 11) is 0. The van der Waals surface area contributed by atoms with Crippen LogP contribution in [0.25, 0.3) is 5.57 Å². The van der Waals surface area contributed by atoms with Gasteiger partial charge in [-0.15, -0.1) is 0 Å². The molecule has 0 saturated carbocycles. The Morgan fingerprint density at radius 1 is 1.36 bits per heavy atom. The van der Waals surface area contributed by atoms with Crippen LogP contribution in [0.4, 0.5) is 18.9 Å². The minimum Gasteiger partial charge on any atom is -0.398 e. The van der Waals surface area contributed by atoms with E-state index in [9.17, 15) is 13.2 Å². The van der Waals surface area contributed by atoms with Gasteiger partial charge in [0.1, 0.15) is 0 Å². The van der Waals surface area contributed by atoms with Crippen LogP contribution in [0.3, 0.4) is 0 Å². The smallest absolute Gasteiger partial charge is 0.398 e. The highest BCUT2D eigenvalue weighted by atomic mass is 19.4. The second-order valence-electron chi connectivity index (χ2n) is 3.00. The van der Waals surface area contributed by atoms with Gasteiger partial charge in [0.05, 0.1) is 5.57 Å². The Labute approximate surface area is 80.0 Å². The van der Waals surface area contributed by atoms with Gasteiger partial charge in [0.25, 0.3) is 0 Å². The third-order valence-electron chi connectivity index (χ3n) is 2.04. The fraction of sp³-hybridized carbons (Fsp3) is 0.200. The number of benzene rings is 1. The number of alkyl halides is 3. The van der Waals surface area contributed by atoms with Crippen molar-refractivity contribution < 1.29 is 13.2 Å². The molecule has 0 bridgehead atoms. The summed E-state index contributed by atoms with van der Waals surface area (Å²) >= 11 is 0. The summed E-state index contributed by atoms with van der Waals surface area (Å²) in [5, 5.41) is 0. The first kappa shape index (κ1) is 10.6. The molecule has 4 heteroatoms. The van der Waals surface area contributed by atoms with E-state index in [-0.39, 0.29) is 5.56 Å². The van der Waals surface area contributed by atoms with Crippen molar-refractivity contribution in [2.45, 2.75) is 13.1 Å². The van der Waals surface area contributed by atoms with Crippen LogP contribution >= 0.6 is 0 Å². The lowest BCUT2D eigenvalue weighted by atomic mass is 10.0. The van der Waals surface area contributed by atoms with Crippen molar-refractivity contribution in [3.05, 3.63) is 35.9 Å². The van der Waals surface area contributed by atoms with Crippen LogP contribution in [0.1, 0.15) is 11.1 Å². The number of nitrogen functional groups attached to an aromatic ring is 1. The molecule has 1 aromatic rings. The van der Waals surface area contributed by atoms with Gasteiger partial charge in [-0.05, 0) is 24.1 Å². The third kappa shape index (κ3) is 1.89.